The molecule has 0 saturated heterocycles. The molecule has 1 N–H and O–H groups in total. The van der Waals surface area contributed by atoms with E-state index in [2.05, 4.69) is 21.2 Å². The van der Waals surface area contributed by atoms with Crippen molar-refractivity contribution < 1.29 is 18.0 Å². The van der Waals surface area contributed by atoms with Crippen LogP contribution in [-0.4, -0.2) is 50.0 Å². The van der Waals surface area contributed by atoms with Gasteiger partial charge in [-0.15, -0.1) is 0 Å². The summed E-state index contributed by atoms with van der Waals surface area (Å²) in [7, 11) is -3.85. The Morgan fingerprint density at radius 1 is 0.951 bits per heavy atom. The molecule has 10 heteroatoms. The minimum absolute atomic E-state index is 0.0413. The number of nitrogens with one attached hydrogen (secondary N) is 1. The molecule has 1 unspecified atom stereocenters. The maximum Gasteiger partial charge on any atom is 0.244 e. The first-order valence-corrected chi connectivity index (χ1v) is 16.7. The van der Waals surface area contributed by atoms with Crippen LogP contribution in [0.4, 0.5) is 5.69 Å². The number of benzene rings is 3. The number of halogens is 2. The first kappa shape index (κ1) is 31.1. The second-order valence-electron chi connectivity index (χ2n) is 10.4. The first-order chi connectivity index (χ1) is 19.6. The lowest BCUT2D eigenvalue weighted by Crippen LogP contribution is -2.55. The number of sulfonamides is 1. The topological polar surface area (TPSA) is 86.8 Å². The summed E-state index contributed by atoms with van der Waals surface area (Å²) in [5.41, 5.74) is 1.89. The third-order valence-corrected chi connectivity index (χ3v) is 9.49. The monoisotopic (exact) mass is 659 g/mol. The summed E-state index contributed by atoms with van der Waals surface area (Å²) in [6, 6.07) is 22.7. The lowest BCUT2D eigenvalue weighted by atomic mass is 9.94. The van der Waals surface area contributed by atoms with E-state index in [1.165, 1.54) is 4.90 Å². The van der Waals surface area contributed by atoms with Crippen LogP contribution in [0.5, 0.6) is 0 Å². The zero-order chi connectivity index (χ0) is 29.4. The lowest BCUT2D eigenvalue weighted by molar-refractivity contribution is -0.140. The van der Waals surface area contributed by atoms with Gasteiger partial charge in [0, 0.05) is 28.5 Å². The van der Waals surface area contributed by atoms with Crippen molar-refractivity contribution in [1.82, 2.24) is 10.2 Å². The van der Waals surface area contributed by atoms with E-state index in [0.717, 1.165) is 48.2 Å². The van der Waals surface area contributed by atoms with Gasteiger partial charge in [-0.25, -0.2) is 8.42 Å². The molecule has 218 valence electrons. The highest BCUT2D eigenvalue weighted by atomic mass is 79.9. The van der Waals surface area contributed by atoms with E-state index in [0.29, 0.717) is 20.7 Å². The molecule has 0 bridgehead atoms. The summed E-state index contributed by atoms with van der Waals surface area (Å²) in [5.74, 6) is -0.765. The van der Waals surface area contributed by atoms with E-state index in [1.807, 2.05) is 42.5 Å². The van der Waals surface area contributed by atoms with Gasteiger partial charge in [-0.3, -0.25) is 13.9 Å². The van der Waals surface area contributed by atoms with Gasteiger partial charge in [0.2, 0.25) is 21.8 Å². The Balaban J connectivity index is 1.74. The van der Waals surface area contributed by atoms with E-state index < -0.39 is 28.5 Å². The summed E-state index contributed by atoms with van der Waals surface area (Å²) in [6.07, 6.45) is 6.36. The summed E-state index contributed by atoms with van der Waals surface area (Å²) in [5, 5.41) is 3.65. The Morgan fingerprint density at radius 2 is 1.59 bits per heavy atom. The van der Waals surface area contributed by atoms with Crippen LogP contribution in [0, 0.1) is 0 Å². The molecule has 1 fully saturated rings. The number of hydrogen-bond acceptors (Lipinski definition) is 4. The lowest BCUT2D eigenvalue weighted by Gasteiger charge is -2.35. The number of anilines is 1. The number of carbonyl (C=O) groups excluding carboxylic acids is 2. The van der Waals surface area contributed by atoms with E-state index >= 15 is 0 Å². The van der Waals surface area contributed by atoms with Gasteiger partial charge in [0.15, 0.2) is 0 Å². The van der Waals surface area contributed by atoms with Gasteiger partial charge in [0.25, 0.3) is 0 Å². The fourth-order valence-corrected chi connectivity index (χ4v) is 6.83. The maximum absolute atomic E-state index is 14.2. The highest BCUT2D eigenvalue weighted by Gasteiger charge is 2.34. The smallest absolute Gasteiger partial charge is 0.244 e. The zero-order valence-electron chi connectivity index (χ0n) is 23.0. The highest BCUT2D eigenvalue weighted by molar-refractivity contribution is 9.10. The van der Waals surface area contributed by atoms with Crippen LogP contribution in [0.15, 0.2) is 83.3 Å². The quantitative estimate of drug-likeness (QED) is 0.275. The molecule has 3 aromatic rings. The average Bonchev–Trinajstić information content (AvgIpc) is 2.95. The molecule has 1 atom stereocenters. The van der Waals surface area contributed by atoms with Crippen LogP contribution in [0.25, 0.3) is 0 Å². The Kier molecular flexibility index (Phi) is 10.9. The van der Waals surface area contributed by atoms with Crippen LogP contribution >= 0.6 is 27.5 Å². The van der Waals surface area contributed by atoms with Crippen LogP contribution in [0.1, 0.15) is 43.2 Å². The predicted molar refractivity (Wildman–Crippen MR) is 167 cm³/mol. The summed E-state index contributed by atoms with van der Waals surface area (Å²) in [6.45, 7) is -0.435. The number of nitrogens with zero attached hydrogens (tertiary/aromatic N) is 2. The van der Waals surface area contributed by atoms with Gasteiger partial charge >= 0.3 is 0 Å². The van der Waals surface area contributed by atoms with Crippen molar-refractivity contribution >= 4 is 55.1 Å². The van der Waals surface area contributed by atoms with E-state index in [4.69, 9.17) is 11.6 Å². The first-order valence-electron chi connectivity index (χ1n) is 13.7. The minimum Gasteiger partial charge on any atom is -0.352 e. The normalized spacial score (nSPS) is 14.7. The fraction of sp³-hybridized carbons (Fsp3) is 0.355. The van der Waals surface area contributed by atoms with Crippen molar-refractivity contribution in [1.29, 1.82) is 0 Å². The van der Waals surface area contributed by atoms with Crippen molar-refractivity contribution in [3.63, 3.8) is 0 Å². The molecule has 2 amide bonds. The molecule has 0 radical (unpaired) electrons. The molecular formula is C31H35BrClN3O4S. The van der Waals surface area contributed by atoms with Gasteiger partial charge in [-0.2, -0.15) is 0 Å². The van der Waals surface area contributed by atoms with Crippen LogP contribution in [0.2, 0.25) is 5.02 Å². The van der Waals surface area contributed by atoms with Crippen molar-refractivity contribution in [2.75, 3.05) is 17.1 Å². The number of hydrogen-bond donors (Lipinski definition) is 1. The van der Waals surface area contributed by atoms with Crippen molar-refractivity contribution in [3.8, 4) is 0 Å². The molecule has 1 aliphatic rings. The number of amides is 2. The second-order valence-corrected chi connectivity index (χ2v) is 13.6. The molecule has 1 aliphatic carbocycles. The summed E-state index contributed by atoms with van der Waals surface area (Å²) >= 11 is 9.94. The van der Waals surface area contributed by atoms with Crippen LogP contribution in [-0.2, 0) is 32.6 Å². The largest absolute Gasteiger partial charge is 0.352 e. The molecule has 0 aromatic heterocycles. The van der Waals surface area contributed by atoms with E-state index in [9.17, 15) is 18.0 Å². The Hall–Kier alpha value is -2.88. The molecule has 3 aromatic carbocycles. The molecule has 1 saturated carbocycles. The maximum atomic E-state index is 14.2. The van der Waals surface area contributed by atoms with Gasteiger partial charge in [0.1, 0.15) is 12.6 Å². The average molecular weight is 661 g/mol. The Labute approximate surface area is 256 Å². The summed E-state index contributed by atoms with van der Waals surface area (Å²) in [4.78, 5) is 29.7. The standard InChI is InChI=1S/C31H35BrClN3O4S/c1-41(39,40)36(28-19-11-9-17-26(28)32)22-30(37)35(21-24-14-8-10-18-27(24)33)29(20-23-12-4-2-5-13-23)31(38)34-25-15-6-3-7-16-25/h2,4-5,8-14,17-19,25,29H,3,6-7,15-16,20-22H2,1H3,(H,34,38). The van der Waals surface area contributed by atoms with Crippen molar-refractivity contribution in [3.05, 3.63) is 99.5 Å². The molecule has 0 aliphatic heterocycles. The third-order valence-electron chi connectivity index (χ3n) is 7.32. The number of para-hydroxylation sites is 1. The van der Waals surface area contributed by atoms with Crippen molar-refractivity contribution in [2.45, 2.75) is 57.2 Å². The highest BCUT2D eigenvalue weighted by Crippen LogP contribution is 2.29. The van der Waals surface area contributed by atoms with E-state index in [-0.39, 0.29) is 24.9 Å². The van der Waals surface area contributed by atoms with Crippen molar-refractivity contribution in [2.24, 2.45) is 0 Å². The van der Waals surface area contributed by atoms with E-state index in [1.54, 1.807) is 36.4 Å². The molecule has 41 heavy (non-hydrogen) atoms. The van der Waals surface area contributed by atoms with Gasteiger partial charge in [-0.05, 0) is 58.1 Å². The molecule has 7 nitrogen and oxygen atoms in total. The van der Waals surface area contributed by atoms with Crippen LogP contribution < -0.4 is 9.62 Å². The molecule has 0 spiro atoms. The van der Waals surface area contributed by atoms with Gasteiger partial charge < -0.3 is 10.2 Å². The Morgan fingerprint density at radius 3 is 2.24 bits per heavy atom. The SMILES string of the molecule is CS(=O)(=O)N(CC(=O)N(Cc1ccccc1Cl)C(Cc1ccccc1)C(=O)NC1CCCCC1)c1ccccc1Br. The zero-order valence-corrected chi connectivity index (χ0v) is 26.2. The predicted octanol–water partition coefficient (Wildman–Crippen LogP) is 5.96. The second kappa shape index (κ2) is 14.3. The molecule has 4 rings (SSSR count). The van der Waals surface area contributed by atoms with Gasteiger partial charge in [-0.1, -0.05) is 91.5 Å². The third kappa shape index (κ3) is 8.56. The fourth-order valence-electron chi connectivity index (χ4n) is 5.16. The number of carbonyl (C=O) groups is 2. The molecular weight excluding hydrogens is 626 g/mol. The van der Waals surface area contributed by atoms with Gasteiger partial charge in [0.05, 0.1) is 11.9 Å². The minimum atomic E-state index is -3.85. The van der Waals surface area contributed by atoms with Crippen LogP contribution in [0.3, 0.4) is 0 Å². The summed E-state index contributed by atoms with van der Waals surface area (Å²) < 4.78 is 27.5. The number of rotatable bonds is 11. The Bertz CT molecular complexity index is 1450. The molecule has 0 heterocycles.